The lowest BCUT2D eigenvalue weighted by Crippen LogP contribution is -2.05. The zero-order valence-corrected chi connectivity index (χ0v) is 7.11. The highest BCUT2D eigenvalue weighted by Gasteiger charge is 2.05. The normalized spacial score (nSPS) is 18.0. The second-order valence-electron chi connectivity index (χ2n) is 1.68. The molecule has 0 fully saturated rings. The second kappa shape index (κ2) is 4.59. The van der Waals surface area contributed by atoms with Gasteiger partial charge in [-0.15, -0.1) is 0 Å². The summed E-state index contributed by atoms with van der Waals surface area (Å²) in [7, 11) is 0. The molecule has 0 saturated heterocycles. The van der Waals surface area contributed by atoms with Crippen LogP contribution in [0.15, 0.2) is 0 Å². The topological polar surface area (TPSA) is 20.2 Å². The second-order valence-corrected chi connectivity index (χ2v) is 3.47. The molecule has 0 bridgehead atoms. The van der Waals surface area contributed by atoms with Gasteiger partial charge in [0.15, 0.2) is 0 Å². The Labute approximate surface area is 63.2 Å². The van der Waals surface area contributed by atoms with Gasteiger partial charge in [-0.1, -0.05) is 34.5 Å². The summed E-state index contributed by atoms with van der Waals surface area (Å²) in [6.45, 7) is 2.04. The number of aliphatic hydroxyl groups excluding tert-OH is 1. The highest BCUT2D eigenvalue weighted by molar-refractivity contribution is 9.09. The van der Waals surface area contributed by atoms with Crippen LogP contribution in [-0.4, -0.2) is 15.5 Å². The molecule has 0 radical (unpaired) electrons. The molecular weight excluding hydrogens is 191 g/mol. The SMILES string of the molecule is CCC(Br)CC(O)Cl. The molecule has 0 aliphatic heterocycles. The van der Waals surface area contributed by atoms with Gasteiger partial charge in [0, 0.05) is 4.83 Å². The van der Waals surface area contributed by atoms with Crippen molar-refractivity contribution in [2.75, 3.05) is 0 Å². The summed E-state index contributed by atoms with van der Waals surface area (Å²) in [5.41, 5.74) is -0.695. The minimum Gasteiger partial charge on any atom is -0.378 e. The summed E-state index contributed by atoms with van der Waals surface area (Å²) < 4.78 is 0. The number of hydrogen-bond donors (Lipinski definition) is 1. The van der Waals surface area contributed by atoms with Crippen LogP contribution in [0.1, 0.15) is 19.8 Å². The predicted molar refractivity (Wildman–Crippen MR) is 39.5 cm³/mol. The van der Waals surface area contributed by atoms with E-state index in [1.54, 1.807) is 0 Å². The highest BCUT2D eigenvalue weighted by Crippen LogP contribution is 2.13. The van der Waals surface area contributed by atoms with Crippen LogP contribution in [0.2, 0.25) is 0 Å². The van der Waals surface area contributed by atoms with Gasteiger partial charge in [-0.2, -0.15) is 0 Å². The standard InChI is InChI=1S/C5H10BrClO/c1-2-4(6)3-5(7)8/h4-5,8H,2-3H2,1H3. The minimum absolute atomic E-state index is 0.356. The molecule has 2 unspecified atom stereocenters. The molecule has 0 saturated carbocycles. The Kier molecular flexibility index (Phi) is 5.01. The average molecular weight is 201 g/mol. The molecule has 0 amide bonds. The smallest absolute Gasteiger partial charge is 0.129 e. The van der Waals surface area contributed by atoms with Crippen LogP contribution in [0.25, 0.3) is 0 Å². The van der Waals surface area contributed by atoms with Gasteiger partial charge in [0.05, 0.1) is 0 Å². The largest absolute Gasteiger partial charge is 0.378 e. The Bertz CT molecular complexity index is 58.4. The summed E-state index contributed by atoms with van der Waals surface area (Å²) in [4.78, 5) is 0.356. The Hall–Kier alpha value is 0.730. The van der Waals surface area contributed by atoms with Gasteiger partial charge in [-0.05, 0) is 12.8 Å². The van der Waals surface area contributed by atoms with E-state index < -0.39 is 5.56 Å². The van der Waals surface area contributed by atoms with E-state index in [0.29, 0.717) is 11.2 Å². The zero-order chi connectivity index (χ0) is 6.57. The van der Waals surface area contributed by atoms with Crippen molar-refractivity contribution in [3.63, 3.8) is 0 Å². The molecule has 0 rings (SSSR count). The first-order valence-corrected chi connectivity index (χ1v) is 3.98. The highest BCUT2D eigenvalue weighted by atomic mass is 79.9. The molecule has 0 aromatic carbocycles. The molecule has 2 atom stereocenters. The summed E-state index contributed by atoms with van der Waals surface area (Å²) in [5, 5.41) is 8.59. The third-order valence-corrected chi connectivity index (χ3v) is 2.09. The molecule has 0 aliphatic carbocycles. The first-order chi connectivity index (χ1) is 3.66. The van der Waals surface area contributed by atoms with Crippen molar-refractivity contribution in [2.45, 2.75) is 30.2 Å². The molecule has 0 aromatic rings. The van der Waals surface area contributed by atoms with E-state index in [4.69, 9.17) is 16.7 Å². The average Bonchev–Trinajstić information content (AvgIpc) is 1.65. The molecule has 0 spiro atoms. The molecule has 0 aromatic heterocycles. The third-order valence-electron chi connectivity index (χ3n) is 0.893. The molecule has 1 N–H and O–H groups in total. The van der Waals surface area contributed by atoms with Crippen molar-refractivity contribution in [1.82, 2.24) is 0 Å². The maximum absolute atomic E-state index is 8.59. The molecule has 8 heavy (non-hydrogen) atoms. The summed E-state index contributed by atoms with van der Waals surface area (Å²) >= 11 is 8.61. The Morgan fingerprint density at radius 2 is 2.25 bits per heavy atom. The molecular formula is C5H10BrClO. The van der Waals surface area contributed by atoms with Gasteiger partial charge < -0.3 is 5.11 Å². The van der Waals surface area contributed by atoms with E-state index in [0.717, 1.165) is 6.42 Å². The van der Waals surface area contributed by atoms with Crippen LogP contribution in [0.4, 0.5) is 0 Å². The van der Waals surface area contributed by atoms with Gasteiger partial charge in [0.1, 0.15) is 5.56 Å². The van der Waals surface area contributed by atoms with E-state index >= 15 is 0 Å². The van der Waals surface area contributed by atoms with E-state index in [1.807, 2.05) is 6.92 Å². The first kappa shape index (κ1) is 8.73. The quantitative estimate of drug-likeness (QED) is 0.694. The lowest BCUT2D eigenvalue weighted by atomic mass is 10.3. The van der Waals surface area contributed by atoms with Crippen LogP contribution >= 0.6 is 27.5 Å². The summed E-state index contributed by atoms with van der Waals surface area (Å²) in [5.74, 6) is 0. The van der Waals surface area contributed by atoms with E-state index in [-0.39, 0.29) is 0 Å². The van der Waals surface area contributed by atoms with Crippen LogP contribution < -0.4 is 0 Å². The minimum atomic E-state index is -0.695. The van der Waals surface area contributed by atoms with E-state index in [2.05, 4.69) is 15.9 Å². The molecule has 0 aliphatic rings. The number of hydrogen-bond acceptors (Lipinski definition) is 1. The lowest BCUT2D eigenvalue weighted by molar-refractivity contribution is 0.244. The Balaban J connectivity index is 3.10. The Morgan fingerprint density at radius 1 is 1.75 bits per heavy atom. The van der Waals surface area contributed by atoms with Crippen LogP contribution in [0, 0.1) is 0 Å². The summed E-state index contributed by atoms with van der Waals surface area (Å²) in [6.07, 6.45) is 1.63. The fourth-order valence-electron chi connectivity index (χ4n) is 0.378. The fourth-order valence-corrected chi connectivity index (χ4v) is 1.16. The van der Waals surface area contributed by atoms with Gasteiger partial charge in [0.2, 0.25) is 0 Å². The van der Waals surface area contributed by atoms with Crippen molar-refractivity contribution in [2.24, 2.45) is 0 Å². The molecule has 0 heterocycles. The number of aliphatic hydroxyl groups is 1. The monoisotopic (exact) mass is 200 g/mol. The number of halogens is 2. The van der Waals surface area contributed by atoms with Crippen LogP contribution in [0.5, 0.6) is 0 Å². The van der Waals surface area contributed by atoms with E-state index in [1.165, 1.54) is 0 Å². The van der Waals surface area contributed by atoms with Crippen molar-refractivity contribution < 1.29 is 5.11 Å². The maximum Gasteiger partial charge on any atom is 0.129 e. The third kappa shape index (κ3) is 4.88. The first-order valence-electron chi connectivity index (χ1n) is 2.63. The number of rotatable bonds is 3. The fraction of sp³-hybridized carbons (Fsp3) is 1.00. The zero-order valence-electron chi connectivity index (χ0n) is 4.77. The van der Waals surface area contributed by atoms with Crippen molar-refractivity contribution >= 4 is 27.5 Å². The number of alkyl halides is 2. The van der Waals surface area contributed by atoms with Crippen molar-refractivity contribution in [3.8, 4) is 0 Å². The van der Waals surface area contributed by atoms with E-state index in [9.17, 15) is 0 Å². The summed E-state index contributed by atoms with van der Waals surface area (Å²) in [6, 6.07) is 0. The lowest BCUT2D eigenvalue weighted by Gasteiger charge is -2.05. The Morgan fingerprint density at radius 3 is 2.38 bits per heavy atom. The molecule has 1 nitrogen and oxygen atoms in total. The van der Waals surface area contributed by atoms with Gasteiger partial charge in [-0.3, -0.25) is 0 Å². The maximum atomic E-state index is 8.59. The van der Waals surface area contributed by atoms with Gasteiger partial charge >= 0.3 is 0 Å². The van der Waals surface area contributed by atoms with Crippen LogP contribution in [0.3, 0.4) is 0 Å². The van der Waals surface area contributed by atoms with Gasteiger partial charge in [-0.25, -0.2) is 0 Å². The van der Waals surface area contributed by atoms with Crippen LogP contribution in [-0.2, 0) is 0 Å². The van der Waals surface area contributed by atoms with Gasteiger partial charge in [0.25, 0.3) is 0 Å². The van der Waals surface area contributed by atoms with Crippen molar-refractivity contribution in [3.05, 3.63) is 0 Å². The molecule has 50 valence electrons. The predicted octanol–water partition coefficient (Wildman–Crippen LogP) is 2.11. The molecule has 3 heteroatoms. The van der Waals surface area contributed by atoms with Crippen molar-refractivity contribution in [1.29, 1.82) is 0 Å².